The van der Waals surface area contributed by atoms with E-state index in [1.54, 1.807) is 19.3 Å². The maximum atomic E-state index is 15.0. The van der Waals surface area contributed by atoms with Crippen LogP contribution in [0.4, 0.5) is 10.2 Å². The third-order valence-electron chi connectivity index (χ3n) is 4.96. The highest BCUT2D eigenvalue weighted by atomic mass is 19.1. The minimum absolute atomic E-state index is 0.209. The molecule has 4 rings (SSSR count). The Morgan fingerprint density at radius 3 is 2.73 bits per heavy atom. The van der Waals surface area contributed by atoms with Crippen LogP contribution in [0.3, 0.4) is 0 Å². The second-order valence-corrected chi connectivity index (χ2v) is 6.79. The number of aryl methyl sites for hydroxylation is 1. The molecule has 1 aliphatic rings. The Kier molecular flexibility index (Phi) is 5.52. The number of nitrogens with zero attached hydrogens (tertiary/aromatic N) is 2. The molecule has 2 heterocycles. The number of allylic oxidation sites excluding steroid dienone is 2. The molecule has 1 aliphatic heterocycles. The van der Waals surface area contributed by atoms with Crippen LogP contribution in [0.5, 0.6) is 5.75 Å². The third-order valence-corrected chi connectivity index (χ3v) is 4.96. The van der Waals surface area contributed by atoms with Crippen LogP contribution in [0.25, 0.3) is 27.7 Å². The van der Waals surface area contributed by atoms with Crippen LogP contribution >= 0.6 is 0 Å². The van der Waals surface area contributed by atoms with Crippen LogP contribution in [-0.2, 0) is 6.42 Å². The van der Waals surface area contributed by atoms with Gasteiger partial charge in [0.05, 0.1) is 12.3 Å². The van der Waals surface area contributed by atoms with Gasteiger partial charge in [-0.25, -0.2) is 14.4 Å². The van der Waals surface area contributed by atoms with Gasteiger partial charge in [0.2, 0.25) is 0 Å². The summed E-state index contributed by atoms with van der Waals surface area (Å²) in [6.07, 6.45) is 6.16. The molecule has 7 heteroatoms. The van der Waals surface area contributed by atoms with Gasteiger partial charge in [0.15, 0.2) is 5.82 Å². The van der Waals surface area contributed by atoms with Crippen molar-refractivity contribution in [3.63, 3.8) is 0 Å². The van der Waals surface area contributed by atoms with Gasteiger partial charge in [-0.3, -0.25) is 5.43 Å². The van der Waals surface area contributed by atoms with Crippen molar-refractivity contribution >= 4 is 22.4 Å². The van der Waals surface area contributed by atoms with Crippen molar-refractivity contribution in [3.8, 4) is 16.9 Å². The molecule has 3 aromatic rings. The quantitative estimate of drug-likeness (QED) is 0.565. The predicted molar refractivity (Wildman–Crippen MR) is 118 cm³/mol. The minimum atomic E-state index is -0.209. The Morgan fingerprint density at radius 1 is 1.17 bits per heavy atom. The topological polar surface area (TPSA) is 71.1 Å². The third kappa shape index (κ3) is 3.54. The van der Waals surface area contributed by atoms with E-state index in [1.165, 1.54) is 0 Å². The van der Waals surface area contributed by atoms with Crippen LogP contribution < -0.4 is 20.9 Å². The molecule has 0 spiro atoms. The van der Waals surface area contributed by atoms with Gasteiger partial charge in [-0.15, -0.1) is 0 Å². The van der Waals surface area contributed by atoms with E-state index in [0.29, 0.717) is 47.1 Å². The van der Waals surface area contributed by atoms with E-state index in [2.05, 4.69) is 21.2 Å². The van der Waals surface area contributed by atoms with Crippen molar-refractivity contribution in [2.45, 2.75) is 20.3 Å². The molecule has 0 atom stereocenters. The Balaban J connectivity index is 1.96. The molecular formula is C23H24FN5O. The normalized spacial score (nSPS) is 12.9. The number of aromatic nitrogens is 2. The highest BCUT2D eigenvalue weighted by Crippen LogP contribution is 2.36. The largest absolute Gasteiger partial charge is 0.492 e. The summed E-state index contributed by atoms with van der Waals surface area (Å²) in [5.41, 5.74) is 9.33. The lowest BCUT2D eigenvalue weighted by atomic mass is 9.99. The highest BCUT2D eigenvalue weighted by molar-refractivity contribution is 5.97. The molecule has 1 aromatic heterocycles. The lowest BCUT2D eigenvalue weighted by Gasteiger charge is -2.17. The van der Waals surface area contributed by atoms with Crippen LogP contribution in [-0.4, -0.2) is 23.6 Å². The molecule has 3 N–H and O–H groups in total. The Labute approximate surface area is 174 Å². The summed E-state index contributed by atoms with van der Waals surface area (Å²) in [4.78, 5) is 9.40. The number of hydrogen-bond donors (Lipinski definition) is 3. The number of benzene rings is 2. The molecule has 6 nitrogen and oxygen atoms in total. The number of ether oxygens (including phenoxy) is 1. The first-order chi connectivity index (χ1) is 14.7. The lowest BCUT2D eigenvalue weighted by Crippen LogP contribution is -2.28. The van der Waals surface area contributed by atoms with E-state index in [9.17, 15) is 0 Å². The number of anilines is 1. The minimum Gasteiger partial charge on any atom is -0.492 e. The average Bonchev–Trinajstić information content (AvgIpc) is 2.79. The average molecular weight is 405 g/mol. The number of fused-ring (bicyclic) bond motifs is 1. The van der Waals surface area contributed by atoms with Crippen LogP contribution in [0, 0.1) is 5.82 Å². The summed E-state index contributed by atoms with van der Waals surface area (Å²) in [7, 11) is 1.80. The summed E-state index contributed by atoms with van der Waals surface area (Å²) >= 11 is 0. The van der Waals surface area contributed by atoms with E-state index in [4.69, 9.17) is 9.72 Å². The zero-order valence-electron chi connectivity index (χ0n) is 17.2. The molecule has 0 saturated heterocycles. The van der Waals surface area contributed by atoms with Gasteiger partial charge in [-0.2, -0.15) is 0 Å². The van der Waals surface area contributed by atoms with Crippen molar-refractivity contribution < 1.29 is 9.13 Å². The second kappa shape index (κ2) is 8.41. The Bertz CT molecular complexity index is 1160. The van der Waals surface area contributed by atoms with E-state index >= 15 is 4.39 Å². The smallest absolute Gasteiger partial charge is 0.180 e. The number of hydrogen-bond acceptors (Lipinski definition) is 6. The number of hydrazine groups is 1. The molecule has 0 radical (unpaired) electrons. The highest BCUT2D eigenvalue weighted by Gasteiger charge is 2.18. The lowest BCUT2D eigenvalue weighted by molar-refractivity contribution is 0.343. The number of halogens is 1. The Hall–Kier alpha value is -3.61. The molecule has 0 bridgehead atoms. The molecular weight excluding hydrogens is 381 g/mol. The molecule has 0 saturated carbocycles. The van der Waals surface area contributed by atoms with Crippen LogP contribution in [0.2, 0.25) is 0 Å². The van der Waals surface area contributed by atoms with Crippen LogP contribution in [0.1, 0.15) is 25.2 Å². The molecule has 30 heavy (non-hydrogen) atoms. The predicted octanol–water partition coefficient (Wildman–Crippen LogP) is 4.40. The fraction of sp³-hybridized carbons (Fsp3) is 0.217. The van der Waals surface area contributed by atoms with Gasteiger partial charge in [0, 0.05) is 24.2 Å². The zero-order valence-corrected chi connectivity index (χ0v) is 17.2. The SMILES string of the molecule is CCOc1cc(-c2cccc(CC)c2F)cc2c(NC)nc(C3=CC=CNN3)nc12. The number of rotatable bonds is 6. The van der Waals surface area contributed by atoms with Gasteiger partial charge in [-0.1, -0.05) is 25.1 Å². The van der Waals surface area contributed by atoms with E-state index in [-0.39, 0.29) is 5.82 Å². The molecule has 0 amide bonds. The van der Waals surface area contributed by atoms with E-state index in [1.807, 2.05) is 50.3 Å². The zero-order chi connectivity index (χ0) is 21.1. The summed E-state index contributed by atoms with van der Waals surface area (Å²) < 4.78 is 21.0. The van der Waals surface area contributed by atoms with Crippen molar-refractivity contribution in [1.29, 1.82) is 0 Å². The van der Waals surface area contributed by atoms with E-state index < -0.39 is 0 Å². The van der Waals surface area contributed by atoms with Gasteiger partial charge in [0.1, 0.15) is 22.9 Å². The standard InChI is InChI=1S/C23H24FN5O/c1-4-14-8-6-9-16(20(14)24)15-12-17-21(19(13-15)30-5-2)27-23(28-22(17)25-3)18-10-7-11-26-29-18/h6-13,26,29H,4-5H2,1-3H3,(H,25,27,28). The summed E-state index contributed by atoms with van der Waals surface area (Å²) in [5.74, 6) is 1.55. The van der Waals surface area contributed by atoms with Crippen molar-refractivity contribution in [2.24, 2.45) is 0 Å². The summed E-state index contributed by atoms with van der Waals surface area (Å²) in [5, 5.41) is 3.91. The van der Waals surface area contributed by atoms with Crippen molar-refractivity contribution in [3.05, 3.63) is 65.9 Å². The fourth-order valence-electron chi connectivity index (χ4n) is 3.49. The monoisotopic (exact) mass is 405 g/mol. The van der Waals surface area contributed by atoms with Gasteiger partial charge >= 0.3 is 0 Å². The summed E-state index contributed by atoms with van der Waals surface area (Å²) in [6, 6.07) is 9.23. The van der Waals surface area contributed by atoms with Gasteiger partial charge < -0.3 is 15.5 Å². The molecule has 2 aromatic carbocycles. The fourth-order valence-corrected chi connectivity index (χ4v) is 3.49. The second-order valence-electron chi connectivity index (χ2n) is 6.79. The van der Waals surface area contributed by atoms with E-state index in [0.717, 1.165) is 16.6 Å². The first-order valence-corrected chi connectivity index (χ1v) is 9.99. The molecule has 154 valence electrons. The number of nitrogens with one attached hydrogen (secondary N) is 3. The molecule has 0 unspecified atom stereocenters. The molecule has 0 fully saturated rings. The maximum Gasteiger partial charge on any atom is 0.180 e. The van der Waals surface area contributed by atoms with Gasteiger partial charge in [0.25, 0.3) is 0 Å². The van der Waals surface area contributed by atoms with Crippen molar-refractivity contribution in [2.75, 3.05) is 19.0 Å². The summed E-state index contributed by atoms with van der Waals surface area (Å²) in [6.45, 7) is 4.33. The maximum absolute atomic E-state index is 15.0. The first kappa shape index (κ1) is 19.7. The van der Waals surface area contributed by atoms with Crippen molar-refractivity contribution in [1.82, 2.24) is 20.8 Å². The first-order valence-electron chi connectivity index (χ1n) is 9.99. The van der Waals surface area contributed by atoms with Crippen LogP contribution in [0.15, 0.2) is 48.7 Å². The van der Waals surface area contributed by atoms with Gasteiger partial charge in [-0.05, 0) is 48.8 Å². The Morgan fingerprint density at radius 2 is 2.03 bits per heavy atom. The molecule has 0 aliphatic carbocycles.